The van der Waals surface area contributed by atoms with Crippen molar-refractivity contribution < 1.29 is 13.2 Å². The van der Waals surface area contributed by atoms with Crippen molar-refractivity contribution in [2.24, 2.45) is 0 Å². The minimum Gasteiger partial charge on any atom is -0.355 e. The van der Waals surface area contributed by atoms with Crippen molar-refractivity contribution in [1.29, 1.82) is 0 Å². The Morgan fingerprint density at radius 1 is 1.20 bits per heavy atom. The topological polar surface area (TPSA) is 66.5 Å². The van der Waals surface area contributed by atoms with Crippen molar-refractivity contribution >= 4 is 27.5 Å². The van der Waals surface area contributed by atoms with E-state index in [0.29, 0.717) is 10.6 Å². The van der Waals surface area contributed by atoms with Gasteiger partial charge in [-0.3, -0.25) is 4.79 Å². The molecule has 1 aliphatic carbocycles. The van der Waals surface area contributed by atoms with Gasteiger partial charge in [0.2, 0.25) is 10.0 Å². The highest BCUT2D eigenvalue weighted by Crippen LogP contribution is 2.34. The summed E-state index contributed by atoms with van der Waals surface area (Å²) in [5.41, 5.74) is 1.38. The van der Waals surface area contributed by atoms with E-state index in [-0.39, 0.29) is 23.4 Å². The molecule has 3 rings (SSSR count). The van der Waals surface area contributed by atoms with Gasteiger partial charge in [0.25, 0.3) is 5.91 Å². The maximum absolute atomic E-state index is 13.0. The second-order valence-electron chi connectivity index (χ2n) is 6.01. The van der Waals surface area contributed by atoms with Crippen molar-refractivity contribution in [3.05, 3.63) is 64.7 Å². The number of halogens is 1. The summed E-state index contributed by atoms with van der Waals surface area (Å²) in [6, 6.07) is 13.3. The Morgan fingerprint density at radius 2 is 1.88 bits per heavy atom. The fraction of sp³-hybridized carbons (Fsp3) is 0.278. The molecule has 0 bridgehead atoms. The first-order chi connectivity index (χ1) is 11.9. The van der Waals surface area contributed by atoms with Crippen LogP contribution in [0, 0.1) is 0 Å². The Morgan fingerprint density at radius 3 is 2.44 bits per heavy atom. The van der Waals surface area contributed by atoms with E-state index in [2.05, 4.69) is 5.32 Å². The SMILES string of the molecule is CNC(=O)c1ccc(CN(C2CC2)S(=O)(=O)c2cccc(Cl)c2)cc1. The minimum atomic E-state index is -3.62. The van der Waals surface area contributed by atoms with Crippen LogP contribution in [-0.4, -0.2) is 31.7 Å². The third-order valence-electron chi connectivity index (χ3n) is 4.14. The van der Waals surface area contributed by atoms with E-state index < -0.39 is 10.0 Å². The number of nitrogens with one attached hydrogen (secondary N) is 1. The Labute approximate surface area is 152 Å². The molecule has 1 N–H and O–H groups in total. The summed E-state index contributed by atoms with van der Waals surface area (Å²) in [7, 11) is -2.05. The molecule has 1 fully saturated rings. The zero-order valence-corrected chi connectivity index (χ0v) is 15.3. The van der Waals surface area contributed by atoms with Gasteiger partial charge in [0.15, 0.2) is 0 Å². The smallest absolute Gasteiger partial charge is 0.251 e. The highest BCUT2D eigenvalue weighted by molar-refractivity contribution is 7.89. The molecule has 0 aromatic heterocycles. The van der Waals surface area contributed by atoms with Crippen LogP contribution >= 0.6 is 11.6 Å². The number of sulfonamides is 1. The number of benzene rings is 2. The largest absolute Gasteiger partial charge is 0.355 e. The van der Waals surface area contributed by atoms with Crippen LogP contribution in [0.4, 0.5) is 0 Å². The highest BCUT2D eigenvalue weighted by Gasteiger charge is 2.38. The van der Waals surface area contributed by atoms with Gasteiger partial charge in [0.1, 0.15) is 0 Å². The molecule has 0 atom stereocenters. The number of hydrogen-bond acceptors (Lipinski definition) is 3. The van der Waals surface area contributed by atoms with Crippen molar-refractivity contribution in [3.63, 3.8) is 0 Å². The summed E-state index contributed by atoms with van der Waals surface area (Å²) >= 11 is 5.95. The zero-order valence-electron chi connectivity index (χ0n) is 13.8. The van der Waals surface area contributed by atoms with Crippen LogP contribution < -0.4 is 5.32 Å². The van der Waals surface area contributed by atoms with E-state index in [9.17, 15) is 13.2 Å². The molecule has 0 heterocycles. The van der Waals surface area contributed by atoms with Crippen molar-refractivity contribution in [3.8, 4) is 0 Å². The van der Waals surface area contributed by atoms with Crippen LogP contribution in [0.3, 0.4) is 0 Å². The normalized spacial score (nSPS) is 14.5. The molecular formula is C18H19ClN2O3S. The van der Waals surface area contributed by atoms with Crippen LogP contribution in [0.2, 0.25) is 5.02 Å². The Hall–Kier alpha value is -1.89. The second kappa shape index (κ2) is 7.15. The first-order valence-electron chi connectivity index (χ1n) is 8.00. The molecule has 1 amide bonds. The summed E-state index contributed by atoms with van der Waals surface area (Å²) < 4.78 is 27.5. The first-order valence-corrected chi connectivity index (χ1v) is 9.82. The molecule has 1 aliphatic rings. The maximum Gasteiger partial charge on any atom is 0.251 e. The number of amides is 1. The molecule has 132 valence electrons. The fourth-order valence-electron chi connectivity index (χ4n) is 2.62. The predicted octanol–water partition coefficient (Wildman–Crippen LogP) is 3.05. The number of carbonyl (C=O) groups is 1. The molecule has 0 aliphatic heterocycles. The van der Waals surface area contributed by atoms with Gasteiger partial charge in [-0.1, -0.05) is 29.8 Å². The van der Waals surface area contributed by atoms with Gasteiger partial charge >= 0.3 is 0 Å². The lowest BCUT2D eigenvalue weighted by Crippen LogP contribution is -2.32. The van der Waals surface area contributed by atoms with E-state index in [1.165, 1.54) is 10.4 Å². The lowest BCUT2D eigenvalue weighted by Gasteiger charge is -2.22. The lowest BCUT2D eigenvalue weighted by atomic mass is 10.1. The molecular weight excluding hydrogens is 360 g/mol. The molecule has 0 saturated heterocycles. The van der Waals surface area contributed by atoms with Gasteiger partial charge in [-0.2, -0.15) is 4.31 Å². The lowest BCUT2D eigenvalue weighted by molar-refractivity contribution is 0.0963. The van der Waals surface area contributed by atoms with E-state index >= 15 is 0 Å². The molecule has 0 radical (unpaired) electrons. The van der Waals surface area contributed by atoms with Gasteiger partial charge in [0, 0.05) is 30.2 Å². The number of rotatable bonds is 6. The molecule has 1 saturated carbocycles. The van der Waals surface area contributed by atoms with Gasteiger partial charge < -0.3 is 5.32 Å². The van der Waals surface area contributed by atoms with Crippen LogP contribution in [0.25, 0.3) is 0 Å². The molecule has 7 heteroatoms. The van der Waals surface area contributed by atoms with Crippen LogP contribution in [-0.2, 0) is 16.6 Å². The third-order valence-corrected chi connectivity index (χ3v) is 6.27. The Balaban J connectivity index is 1.86. The van der Waals surface area contributed by atoms with Gasteiger partial charge in [0.05, 0.1) is 4.90 Å². The summed E-state index contributed by atoms with van der Waals surface area (Å²) in [5.74, 6) is -0.169. The van der Waals surface area contributed by atoms with Crippen molar-refractivity contribution in [2.45, 2.75) is 30.3 Å². The Kier molecular flexibility index (Phi) is 5.13. The maximum atomic E-state index is 13.0. The van der Waals surface area contributed by atoms with E-state index in [1.54, 1.807) is 49.5 Å². The van der Waals surface area contributed by atoms with E-state index in [1.807, 2.05) is 0 Å². The monoisotopic (exact) mass is 378 g/mol. The zero-order chi connectivity index (χ0) is 18.0. The minimum absolute atomic E-state index is 0.0163. The molecule has 0 unspecified atom stereocenters. The average Bonchev–Trinajstić information content (AvgIpc) is 3.44. The van der Waals surface area contributed by atoms with Crippen molar-refractivity contribution in [2.75, 3.05) is 7.05 Å². The summed E-state index contributed by atoms with van der Waals surface area (Å²) in [6.07, 6.45) is 1.71. The quantitative estimate of drug-likeness (QED) is 0.840. The van der Waals surface area contributed by atoms with E-state index in [0.717, 1.165) is 18.4 Å². The first kappa shape index (κ1) is 17.9. The number of nitrogens with zero attached hydrogens (tertiary/aromatic N) is 1. The van der Waals surface area contributed by atoms with Crippen LogP contribution in [0.15, 0.2) is 53.4 Å². The molecule has 25 heavy (non-hydrogen) atoms. The third kappa shape index (κ3) is 4.03. The van der Waals surface area contributed by atoms with Crippen LogP contribution in [0.1, 0.15) is 28.8 Å². The number of hydrogen-bond donors (Lipinski definition) is 1. The molecule has 0 spiro atoms. The fourth-order valence-corrected chi connectivity index (χ4v) is 4.60. The van der Waals surface area contributed by atoms with Crippen molar-refractivity contribution in [1.82, 2.24) is 9.62 Å². The summed E-state index contributed by atoms with van der Waals surface area (Å²) in [5, 5.41) is 2.96. The van der Waals surface area contributed by atoms with Gasteiger partial charge in [-0.25, -0.2) is 8.42 Å². The average molecular weight is 379 g/mol. The van der Waals surface area contributed by atoms with Gasteiger partial charge in [-0.05, 0) is 48.7 Å². The molecule has 5 nitrogen and oxygen atoms in total. The summed E-state index contributed by atoms with van der Waals surface area (Å²) in [6.45, 7) is 0.271. The van der Waals surface area contributed by atoms with Gasteiger partial charge in [-0.15, -0.1) is 0 Å². The predicted molar refractivity (Wildman–Crippen MR) is 97.0 cm³/mol. The van der Waals surface area contributed by atoms with Crippen LogP contribution in [0.5, 0.6) is 0 Å². The Bertz CT molecular complexity index is 877. The van der Waals surface area contributed by atoms with E-state index in [4.69, 9.17) is 11.6 Å². The standard InChI is InChI=1S/C18H19ClN2O3S/c1-20-18(22)14-7-5-13(6-8-14)12-21(16-9-10-16)25(23,24)17-4-2-3-15(19)11-17/h2-8,11,16H,9-10,12H2,1H3,(H,20,22). The highest BCUT2D eigenvalue weighted by atomic mass is 35.5. The molecule has 2 aromatic rings. The molecule has 2 aromatic carbocycles. The summed E-state index contributed by atoms with van der Waals surface area (Å²) in [4.78, 5) is 11.8. The second-order valence-corrected chi connectivity index (χ2v) is 8.34. The number of carbonyl (C=O) groups excluding carboxylic acids is 1.